The zero-order valence-corrected chi connectivity index (χ0v) is 46.2. The number of furan rings is 2. The Kier molecular flexibility index (Phi) is 10.6. The molecule has 0 radical (unpaired) electrons. The molecule has 2 aliphatic rings. The summed E-state index contributed by atoms with van der Waals surface area (Å²) in [5.41, 5.74) is 20.5. The van der Waals surface area contributed by atoms with Gasteiger partial charge in [0.2, 0.25) is 0 Å². The van der Waals surface area contributed by atoms with E-state index in [4.69, 9.17) is 18.3 Å². The molecule has 0 fully saturated rings. The van der Waals surface area contributed by atoms with Crippen molar-refractivity contribution in [3.63, 3.8) is 0 Å². The molecule has 6 nitrogen and oxygen atoms in total. The van der Waals surface area contributed by atoms with Crippen LogP contribution in [0.15, 0.2) is 300 Å². The van der Waals surface area contributed by atoms with Gasteiger partial charge >= 0.3 is 0 Å². The summed E-state index contributed by atoms with van der Waals surface area (Å²) in [5.74, 6) is 3.47. The lowest BCUT2D eigenvalue weighted by atomic mass is 9.90. The van der Waals surface area contributed by atoms with E-state index in [2.05, 4.69) is 259 Å². The molecule has 16 aromatic rings. The van der Waals surface area contributed by atoms with Gasteiger partial charge in [-0.2, -0.15) is 0 Å². The number of hydrogen-bond donors (Lipinski definition) is 0. The van der Waals surface area contributed by atoms with Gasteiger partial charge in [-0.15, -0.1) is 0 Å². The van der Waals surface area contributed by atoms with Gasteiger partial charge in [-0.3, -0.25) is 0 Å². The van der Waals surface area contributed by atoms with Crippen LogP contribution in [0.1, 0.15) is 0 Å². The van der Waals surface area contributed by atoms with E-state index in [0.29, 0.717) is 0 Å². The molecular formula is C80H48N2O4. The summed E-state index contributed by atoms with van der Waals surface area (Å²) < 4.78 is 26.5. The van der Waals surface area contributed by atoms with Crippen LogP contribution in [0.3, 0.4) is 0 Å². The van der Waals surface area contributed by atoms with Gasteiger partial charge in [0.25, 0.3) is 0 Å². The first-order valence-electron chi connectivity index (χ1n) is 29.1. The van der Waals surface area contributed by atoms with Crippen LogP contribution < -0.4 is 19.3 Å². The third-order valence-electron chi connectivity index (χ3n) is 17.4. The Labute approximate surface area is 494 Å². The van der Waals surface area contributed by atoms with Crippen molar-refractivity contribution in [2.45, 2.75) is 0 Å². The average molecular weight is 1100 g/mol. The topological polar surface area (TPSA) is 51.2 Å². The average Bonchev–Trinajstić information content (AvgIpc) is 2.23. The largest absolute Gasteiger partial charge is 0.456 e. The second kappa shape index (κ2) is 19.0. The molecule has 6 heteroatoms. The molecule has 18 rings (SSSR count). The summed E-state index contributed by atoms with van der Waals surface area (Å²) in [6.45, 7) is 0. The van der Waals surface area contributed by atoms with Gasteiger partial charge in [-0.1, -0.05) is 176 Å². The highest BCUT2D eigenvalue weighted by Gasteiger charge is 2.27. The van der Waals surface area contributed by atoms with E-state index in [1.165, 1.54) is 5.56 Å². The van der Waals surface area contributed by atoms with Gasteiger partial charge in [0, 0.05) is 77.6 Å². The number of benzene rings is 14. The number of hydrogen-bond acceptors (Lipinski definition) is 6. The molecule has 2 aromatic heterocycles. The van der Waals surface area contributed by atoms with Crippen LogP contribution in [-0.4, -0.2) is 0 Å². The minimum absolute atomic E-state index is 0.815. The fourth-order valence-corrected chi connectivity index (χ4v) is 13.5. The van der Waals surface area contributed by atoms with Crippen molar-refractivity contribution in [2.75, 3.05) is 9.80 Å². The minimum atomic E-state index is 0.815. The molecule has 0 atom stereocenters. The van der Waals surface area contributed by atoms with Crippen LogP contribution >= 0.6 is 0 Å². The fourth-order valence-electron chi connectivity index (χ4n) is 13.5. The maximum Gasteiger partial charge on any atom is 0.159 e. The number of nitrogens with zero attached hydrogens (tertiary/aromatic N) is 2. The summed E-state index contributed by atoms with van der Waals surface area (Å²) in [5, 5.41) is 8.75. The molecule has 402 valence electrons. The van der Waals surface area contributed by atoms with Crippen molar-refractivity contribution in [3.05, 3.63) is 291 Å². The first kappa shape index (κ1) is 48.0. The summed E-state index contributed by atoms with van der Waals surface area (Å²) >= 11 is 0. The molecule has 2 aliphatic heterocycles. The molecule has 0 amide bonds. The van der Waals surface area contributed by atoms with E-state index in [0.717, 1.165) is 173 Å². The zero-order chi connectivity index (χ0) is 56.4. The van der Waals surface area contributed by atoms with E-state index in [-0.39, 0.29) is 0 Å². The van der Waals surface area contributed by atoms with E-state index in [1.54, 1.807) is 0 Å². The van der Waals surface area contributed by atoms with Gasteiger partial charge in [0.15, 0.2) is 5.58 Å². The number of fused-ring (bicyclic) bond motifs is 10. The quantitative estimate of drug-likeness (QED) is 0.144. The van der Waals surface area contributed by atoms with Gasteiger partial charge in [-0.25, -0.2) is 0 Å². The number of rotatable bonds is 9. The standard InChI is InChI=1S/C80H48N2O4/c1-2-17-54(18-3-1)81(55-37-33-50(34-38-55)58-41-42-65-60-20-5-9-26-72(60)83-75-29-13-23-64(58)78(65)75)70-47-53(46-68-62-22-7-11-28-74(62)86-80(68)70)52-16-12-15-51(45-52)49-31-35-56(36-32-49)82(57-39-40-63-59-19-4-8-25-71(59)85-77(63)48-57)69-44-43-66-61-21-6-10-27-73(61)84-76-30-14-24-67(69)79(66)76/h1-48H. The number of anilines is 6. The zero-order valence-electron chi connectivity index (χ0n) is 46.2. The van der Waals surface area contributed by atoms with Gasteiger partial charge in [0.05, 0.1) is 11.4 Å². The molecule has 4 heterocycles. The summed E-state index contributed by atoms with van der Waals surface area (Å²) in [7, 11) is 0. The summed E-state index contributed by atoms with van der Waals surface area (Å²) in [4.78, 5) is 4.67. The highest BCUT2D eigenvalue weighted by molar-refractivity contribution is 6.15. The second-order valence-corrected chi connectivity index (χ2v) is 22.3. The van der Waals surface area contributed by atoms with Crippen LogP contribution in [0.5, 0.6) is 23.0 Å². The molecule has 0 aliphatic carbocycles. The Morgan fingerprint density at radius 2 is 0.721 bits per heavy atom. The lowest BCUT2D eigenvalue weighted by Gasteiger charge is -2.29. The predicted molar refractivity (Wildman–Crippen MR) is 353 cm³/mol. The molecule has 0 N–H and O–H groups in total. The molecule has 86 heavy (non-hydrogen) atoms. The first-order valence-corrected chi connectivity index (χ1v) is 29.1. The van der Waals surface area contributed by atoms with Crippen LogP contribution in [0, 0.1) is 0 Å². The van der Waals surface area contributed by atoms with Crippen molar-refractivity contribution in [1.82, 2.24) is 0 Å². The van der Waals surface area contributed by atoms with Crippen molar-refractivity contribution in [3.8, 4) is 78.6 Å². The van der Waals surface area contributed by atoms with E-state index >= 15 is 0 Å². The van der Waals surface area contributed by atoms with Crippen LogP contribution in [0.25, 0.3) is 121 Å². The Bertz CT molecular complexity index is 5430. The summed E-state index contributed by atoms with van der Waals surface area (Å²) in [6.07, 6.45) is 0. The SMILES string of the molecule is c1ccc(N(c2ccc(-c3ccc4c5c(cccc35)Oc3ccccc3-4)cc2)c2cc(-c3cccc(-c4ccc(N(c5ccc6c(c5)oc5ccccc56)c5ccc6c7c(cccc57)Oc5ccccc5-6)cc4)c3)cc3c2oc2ccccc23)cc1. The van der Waals surface area contributed by atoms with Gasteiger partial charge < -0.3 is 28.1 Å². The smallest absolute Gasteiger partial charge is 0.159 e. The number of para-hydroxylation sites is 5. The molecule has 0 unspecified atom stereocenters. The van der Waals surface area contributed by atoms with Crippen molar-refractivity contribution >= 4 is 99.5 Å². The lowest BCUT2D eigenvalue weighted by Crippen LogP contribution is -2.11. The second-order valence-electron chi connectivity index (χ2n) is 22.3. The highest BCUT2D eigenvalue weighted by Crippen LogP contribution is 2.53. The van der Waals surface area contributed by atoms with Crippen molar-refractivity contribution in [1.29, 1.82) is 0 Å². The molecular weight excluding hydrogens is 1050 g/mol. The maximum atomic E-state index is 6.91. The lowest BCUT2D eigenvalue weighted by molar-refractivity contribution is 0.487. The molecule has 0 spiro atoms. The Morgan fingerprint density at radius 1 is 0.221 bits per heavy atom. The Morgan fingerprint density at radius 3 is 1.44 bits per heavy atom. The van der Waals surface area contributed by atoms with Gasteiger partial charge in [-0.05, 0) is 159 Å². The third kappa shape index (κ3) is 7.53. The fraction of sp³-hybridized carbons (Fsp3) is 0. The Hall–Kier alpha value is -11.6. The minimum Gasteiger partial charge on any atom is -0.456 e. The molecule has 0 saturated carbocycles. The van der Waals surface area contributed by atoms with Crippen molar-refractivity contribution in [2.24, 2.45) is 0 Å². The van der Waals surface area contributed by atoms with E-state index in [9.17, 15) is 0 Å². The molecule has 14 aromatic carbocycles. The highest BCUT2D eigenvalue weighted by atomic mass is 16.5. The maximum absolute atomic E-state index is 6.91. The van der Waals surface area contributed by atoms with E-state index < -0.39 is 0 Å². The van der Waals surface area contributed by atoms with Crippen molar-refractivity contribution < 1.29 is 18.3 Å². The molecule has 0 saturated heterocycles. The van der Waals surface area contributed by atoms with Crippen LogP contribution in [-0.2, 0) is 0 Å². The normalized spacial score (nSPS) is 12.1. The van der Waals surface area contributed by atoms with Crippen LogP contribution in [0.4, 0.5) is 34.1 Å². The number of ether oxygens (including phenoxy) is 2. The third-order valence-corrected chi connectivity index (χ3v) is 17.4. The summed E-state index contributed by atoms with van der Waals surface area (Å²) in [6, 6.07) is 103. The van der Waals surface area contributed by atoms with E-state index in [1.807, 2.05) is 42.5 Å². The van der Waals surface area contributed by atoms with Crippen LogP contribution in [0.2, 0.25) is 0 Å². The monoisotopic (exact) mass is 1100 g/mol. The Balaban J connectivity index is 0.742. The molecule has 0 bridgehead atoms. The van der Waals surface area contributed by atoms with Gasteiger partial charge in [0.1, 0.15) is 39.7 Å². The predicted octanol–water partition coefficient (Wildman–Crippen LogP) is 23.3. The first-order chi connectivity index (χ1) is 42.6.